The highest BCUT2D eigenvalue weighted by Crippen LogP contribution is 2.31. The predicted molar refractivity (Wildman–Crippen MR) is 85.0 cm³/mol. The molecule has 0 atom stereocenters. The number of hydrogen-bond donors (Lipinski definition) is 2. The smallest absolute Gasteiger partial charge is 0.143 e. The molecule has 21 heavy (non-hydrogen) atoms. The molecule has 4 nitrogen and oxygen atoms in total. The molecule has 1 aromatic carbocycles. The van der Waals surface area contributed by atoms with Crippen molar-refractivity contribution in [3.63, 3.8) is 0 Å². The van der Waals surface area contributed by atoms with E-state index in [0.717, 1.165) is 17.9 Å². The van der Waals surface area contributed by atoms with Crippen LogP contribution in [-0.4, -0.2) is 16.5 Å². The molecule has 1 heterocycles. The first-order valence-electron chi connectivity index (χ1n) is 6.83. The van der Waals surface area contributed by atoms with Crippen LogP contribution < -0.4 is 10.6 Å². The Bertz CT molecular complexity index is 631. The SMILES string of the molecule is CCNc1ncnc(Nc2ccc(Cl)c(F)c2)c1C(C)C. The first-order chi connectivity index (χ1) is 10.0. The van der Waals surface area contributed by atoms with Gasteiger partial charge in [0.05, 0.1) is 5.02 Å². The van der Waals surface area contributed by atoms with Gasteiger partial charge in [-0.25, -0.2) is 14.4 Å². The van der Waals surface area contributed by atoms with Gasteiger partial charge >= 0.3 is 0 Å². The summed E-state index contributed by atoms with van der Waals surface area (Å²) >= 11 is 5.69. The second-order valence-corrected chi connectivity index (χ2v) is 5.33. The average Bonchev–Trinajstić information content (AvgIpc) is 2.43. The number of hydrogen-bond acceptors (Lipinski definition) is 4. The summed E-state index contributed by atoms with van der Waals surface area (Å²) in [5.41, 5.74) is 1.56. The Morgan fingerprint density at radius 2 is 1.95 bits per heavy atom. The van der Waals surface area contributed by atoms with Crippen molar-refractivity contribution in [1.82, 2.24) is 9.97 Å². The summed E-state index contributed by atoms with van der Waals surface area (Å²) in [5.74, 6) is 1.21. The first-order valence-corrected chi connectivity index (χ1v) is 7.21. The molecule has 0 saturated carbocycles. The molecule has 0 radical (unpaired) electrons. The minimum atomic E-state index is -0.464. The van der Waals surface area contributed by atoms with E-state index in [4.69, 9.17) is 11.6 Å². The lowest BCUT2D eigenvalue weighted by Crippen LogP contribution is -2.09. The summed E-state index contributed by atoms with van der Waals surface area (Å²) in [7, 11) is 0. The Morgan fingerprint density at radius 3 is 2.57 bits per heavy atom. The zero-order valence-electron chi connectivity index (χ0n) is 12.2. The fourth-order valence-corrected chi connectivity index (χ4v) is 2.18. The third-order valence-corrected chi connectivity index (χ3v) is 3.29. The Hall–Kier alpha value is -1.88. The van der Waals surface area contributed by atoms with Gasteiger partial charge in [0.25, 0.3) is 0 Å². The molecule has 0 saturated heterocycles. The Labute approximate surface area is 128 Å². The average molecular weight is 309 g/mol. The molecule has 0 bridgehead atoms. The molecule has 0 aliphatic carbocycles. The normalized spacial score (nSPS) is 10.8. The molecule has 112 valence electrons. The Balaban J connectivity index is 2.38. The lowest BCUT2D eigenvalue weighted by atomic mass is 10.0. The van der Waals surface area contributed by atoms with Crippen molar-refractivity contribution in [1.29, 1.82) is 0 Å². The fraction of sp³-hybridized carbons (Fsp3) is 0.333. The van der Waals surface area contributed by atoms with E-state index in [-0.39, 0.29) is 10.9 Å². The van der Waals surface area contributed by atoms with Crippen LogP contribution in [0.3, 0.4) is 0 Å². The molecule has 0 spiro atoms. The molecule has 2 aromatic rings. The highest BCUT2D eigenvalue weighted by atomic mass is 35.5. The molecule has 0 unspecified atom stereocenters. The second kappa shape index (κ2) is 6.72. The summed E-state index contributed by atoms with van der Waals surface area (Å²) in [4.78, 5) is 8.54. The topological polar surface area (TPSA) is 49.8 Å². The van der Waals surface area contributed by atoms with Crippen LogP contribution in [0, 0.1) is 5.82 Å². The quantitative estimate of drug-likeness (QED) is 0.849. The molecular formula is C15H18ClFN4. The van der Waals surface area contributed by atoms with Gasteiger partial charge in [-0.15, -0.1) is 0 Å². The van der Waals surface area contributed by atoms with Crippen LogP contribution in [0.25, 0.3) is 0 Å². The highest BCUT2D eigenvalue weighted by molar-refractivity contribution is 6.30. The standard InChI is InChI=1S/C15H18ClFN4/c1-4-18-14-13(9(2)3)15(20-8-19-14)21-10-5-6-11(16)12(17)7-10/h5-9H,4H2,1-3H3,(H2,18,19,20,21). The molecule has 2 N–H and O–H groups in total. The van der Waals surface area contributed by atoms with E-state index in [1.807, 2.05) is 6.92 Å². The van der Waals surface area contributed by atoms with E-state index in [1.165, 1.54) is 18.5 Å². The van der Waals surface area contributed by atoms with E-state index in [0.29, 0.717) is 11.5 Å². The highest BCUT2D eigenvalue weighted by Gasteiger charge is 2.15. The molecule has 0 amide bonds. The lowest BCUT2D eigenvalue weighted by Gasteiger charge is -2.17. The minimum Gasteiger partial charge on any atom is -0.370 e. The maximum Gasteiger partial charge on any atom is 0.143 e. The Morgan fingerprint density at radius 1 is 1.24 bits per heavy atom. The number of anilines is 3. The van der Waals surface area contributed by atoms with Gasteiger partial charge in [-0.05, 0) is 31.0 Å². The van der Waals surface area contributed by atoms with Crippen LogP contribution in [0.4, 0.5) is 21.7 Å². The number of aromatic nitrogens is 2. The minimum absolute atomic E-state index is 0.0978. The maximum absolute atomic E-state index is 13.5. The van der Waals surface area contributed by atoms with Crippen molar-refractivity contribution in [2.24, 2.45) is 0 Å². The Kier molecular flexibility index (Phi) is 4.96. The predicted octanol–water partition coefficient (Wildman–Crippen LogP) is 4.57. The fourth-order valence-electron chi connectivity index (χ4n) is 2.06. The van der Waals surface area contributed by atoms with Crippen LogP contribution in [0.15, 0.2) is 24.5 Å². The van der Waals surface area contributed by atoms with Crippen LogP contribution in [-0.2, 0) is 0 Å². The van der Waals surface area contributed by atoms with Crippen molar-refractivity contribution in [3.8, 4) is 0 Å². The number of rotatable bonds is 5. The van der Waals surface area contributed by atoms with Gasteiger partial charge in [-0.1, -0.05) is 25.4 Å². The van der Waals surface area contributed by atoms with Crippen molar-refractivity contribution >= 4 is 28.9 Å². The summed E-state index contributed by atoms with van der Waals surface area (Å²) in [6, 6.07) is 4.58. The molecule has 0 aliphatic heterocycles. The third kappa shape index (κ3) is 3.61. The van der Waals surface area contributed by atoms with E-state index < -0.39 is 5.82 Å². The van der Waals surface area contributed by atoms with Crippen molar-refractivity contribution < 1.29 is 4.39 Å². The van der Waals surface area contributed by atoms with E-state index in [1.54, 1.807) is 6.07 Å². The number of benzene rings is 1. The molecule has 0 fully saturated rings. The summed E-state index contributed by atoms with van der Waals surface area (Å²) < 4.78 is 13.5. The van der Waals surface area contributed by atoms with E-state index >= 15 is 0 Å². The number of nitrogens with zero attached hydrogens (tertiary/aromatic N) is 2. The van der Waals surface area contributed by atoms with Gasteiger partial charge in [0.2, 0.25) is 0 Å². The summed E-state index contributed by atoms with van der Waals surface area (Å²) in [6.07, 6.45) is 1.48. The number of nitrogens with one attached hydrogen (secondary N) is 2. The van der Waals surface area contributed by atoms with E-state index in [9.17, 15) is 4.39 Å². The van der Waals surface area contributed by atoms with Gasteiger partial charge in [-0.3, -0.25) is 0 Å². The van der Waals surface area contributed by atoms with Gasteiger partial charge in [0, 0.05) is 17.8 Å². The molecule has 6 heteroatoms. The van der Waals surface area contributed by atoms with Crippen molar-refractivity contribution in [3.05, 3.63) is 40.9 Å². The largest absolute Gasteiger partial charge is 0.370 e. The monoisotopic (exact) mass is 308 g/mol. The van der Waals surface area contributed by atoms with Crippen LogP contribution in [0.1, 0.15) is 32.3 Å². The zero-order chi connectivity index (χ0) is 15.4. The lowest BCUT2D eigenvalue weighted by molar-refractivity contribution is 0.629. The van der Waals surface area contributed by atoms with Gasteiger partial charge < -0.3 is 10.6 Å². The molecular weight excluding hydrogens is 291 g/mol. The van der Waals surface area contributed by atoms with Crippen molar-refractivity contribution in [2.75, 3.05) is 17.2 Å². The molecule has 0 aliphatic rings. The third-order valence-electron chi connectivity index (χ3n) is 2.99. The zero-order valence-corrected chi connectivity index (χ0v) is 13.0. The molecule has 1 aromatic heterocycles. The van der Waals surface area contributed by atoms with Crippen LogP contribution in [0.5, 0.6) is 0 Å². The van der Waals surface area contributed by atoms with Crippen LogP contribution >= 0.6 is 11.6 Å². The van der Waals surface area contributed by atoms with Crippen LogP contribution in [0.2, 0.25) is 5.02 Å². The van der Waals surface area contributed by atoms with E-state index in [2.05, 4.69) is 34.4 Å². The van der Waals surface area contributed by atoms with Gasteiger partial charge in [0.15, 0.2) is 0 Å². The first kappa shape index (κ1) is 15.5. The van der Waals surface area contributed by atoms with Gasteiger partial charge in [-0.2, -0.15) is 0 Å². The number of halogens is 2. The maximum atomic E-state index is 13.5. The molecule has 2 rings (SSSR count). The van der Waals surface area contributed by atoms with Crippen molar-refractivity contribution in [2.45, 2.75) is 26.7 Å². The summed E-state index contributed by atoms with van der Waals surface area (Å²) in [5, 5.41) is 6.45. The van der Waals surface area contributed by atoms with Gasteiger partial charge in [0.1, 0.15) is 23.8 Å². The summed E-state index contributed by atoms with van der Waals surface area (Å²) in [6.45, 7) is 6.90. The second-order valence-electron chi connectivity index (χ2n) is 4.92.